The third kappa shape index (κ3) is 5.75. The monoisotopic (exact) mass is 372 g/mol. The molecular weight excluding hydrogens is 353 g/mol. The molecule has 0 atom stereocenters. The highest BCUT2D eigenvalue weighted by Gasteiger charge is 2.35. The molecule has 26 heavy (non-hydrogen) atoms. The first-order chi connectivity index (χ1) is 12.3. The SMILES string of the molecule is O=C(COC(=O)c1ccccc1C(F)(F)F)NC(=O)NC1CCCCC1. The van der Waals surface area contributed by atoms with E-state index in [9.17, 15) is 27.6 Å². The van der Waals surface area contributed by atoms with Gasteiger partial charge in [-0.15, -0.1) is 0 Å². The van der Waals surface area contributed by atoms with Gasteiger partial charge in [-0.25, -0.2) is 9.59 Å². The lowest BCUT2D eigenvalue weighted by molar-refractivity contribution is -0.138. The second-order valence-electron chi connectivity index (χ2n) is 5.98. The Hall–Kier alpha value is -2.58. The number of rotatable bonds is 4. The van der Waals surface area contributed by atoms with Gasteiger partial charge in [-0.2, -0.15) is 13.2 Å². The number of imide groups is 1. The van der Waals surface area contributed by atoms with E-state index in [0.29, 0.717) is 0 Å². The fourth-order valence-corrected chi connectivity index (χ4v) is 2.75. The zero-order valence-corrected chi connectivity index (χ0v) is 13.9. The molecule has 2 N–H and O–H groups in total. The van der Waals surface area contributed by atoms with E-state index < -0.39 is 41.8 Å². The summed E-state index contributed by atoms with van der Waals surface area (Å²) in [6.45, 7) is -0.858. The van der Waals surface area contributed by atoms with Crippen molar-refractivity contribution < 1.29 is 32.3 Å². The maximum atomic E-state index is 12.9. The summed E-state index contributed by atoms with van der Waals surface area (Å²) >= 11 is 0. The first kappa shape index (κ1) is 19.7. The van der Waals surface area contributed by atoms with Crippen molar-refractivity contribution in [3.8, 4) is 0 Å². The summed E-state index contributed by atoms with van der Waals surface area (Å²) in [6.07, 6.45) is 0.0196. The molecule has 9 heteroatoms. The van der Waals surface area contributed by atoms with Gasteiger partial charge in [0.15, 0.2) is 6.61 Å². The molecule has 0 unspecified atom stereocenters. The lowest BCUT2D eigenvalue weighted by atomic mass is 9.96. The summed E-state index contributed by atoms with van der Waals surface area (Å²) in [5, 5.41) is 4.63. The van der Waals surface area contributed by atoms with Gasteiger partial charge in [-0.3, -0.25) is 10.1 Å². The van der Waals surface area contributed by atoms with E-state index in [0.717, 1.165) is 50.3 Å². The van der Waals surface area contributed by atoms with Crippen LogP contribution in [0, 0.1) is 0 Å². The Labute approximate surface area is 148 Å². The van der Waals surface area contributed by atoms with Crippen LogP contribution in [0.5, 0.6) is 0 Å². The molecular formula is C17H19F3N2O4. The zero-order valence-electron chi connectivity index (χ0n) is 13.9. The van der Waals surface area contributed by atoms with Crippen molar-refractivity contribution in [1.29, 1.82) is 0 Å². The van der Waals surface area contributed by atoms with Crippen LogP contribution in [0.2, 0.25) is 0 Å². The Bertz CT molecular complexity index is 670. The predicted octanol–water partition coefficient (Wildman–Crippen LogP) is 3.02. The summed E-state index contributed by atoms with van der Waals surface area (Å²) in [7, 11) is 0. The van der Waals surface area contributed by atoms with E-state index in [4.69, 9.17) is 0 Å². The number of nitrogens with one attached hydrogen (secondary N) is 2. The molecule has 3 amide bonds. The Morgan fingerprint density at radius 3 is 2.38 bits per heavy atom. The number of benzene rings is 1. The summed E-state index contributed by atoms with van der Waals surface area (Å²) in [5.74, 6) is -2.21. The summed E-state index contributed by atoms with van der Waals surface area (Å²) in [6, 6.07) is 3.37. The molecule has 0 aromatic heterocycles. The minimum Gasteiger partial charge on any atom is -0.452 e. The molecule has 1 aliphatic rings. The van der Waals surface area contributed by atoms with Crippen molar-refractivity contribution >= 4 is 17.9 Å². The highest BCUT2D eigenvalue weighted by atomic mass is 19.4. The lowest BCUT2D eigenvalue weighted by Gasteiger charge is -2.22. The predicted molar refractivity (Wildman–Crippen MR) is 85.3 cm³/mol. The Balaban J connectivity index is 1.83. The number of hydrogen-bond donors (Lipinski definition) is 2. The molecule has 1 aromatic carbocycles. The van der Waals surface area contributed by atoms with Crippen molar-refractivity contribution in [2.45, 2.75) is 44.3 Å². The summed E-state index contributed by atoms with van der Waals surface area (Å²) in [5.41, 5.74) is -1.85. The van der Waals surface area contributed by atoms with E-state index in [2.05, 4.69) is 10.1 Å². The standard InChI is InChI=1S/C17H19F3N2O4/c18-17(19,20)13-9-5-4-8-12(13)15(24)26-10-14(23)22-16(25)21-11-6-2-1-3-7-11/h4-5,8-9,11H,1-3,6-7,10H2,(H2,21,22,23,25). The molecule has 1 aromatic rings. The van der Waals surface area contributed by atoms with Crippen molar-refractivity contribution in [1.82, 2.24) is 10.6 Å². The maximum absolute atomic E-state index is 12.9. The first-order valence-corrected chi connectivity index (χ1v) is 8.21. The topological polar surface area (TPSA) is 84.5 Å². The van der Waals surface area contributed by atoms with Crippen LogP contribution in [-0.2, 0) is 15.7 Å². The minimum atomic E-state index is -4.72. The van der Waals surface area contributed by atoms with Crippen molar-refractivity contribution in [2.75, 3.05) is 6.61 Å². The van der Waals surface area contributed by atoms with Gasteiger partial charge in [0.1, 0.15) is 0 Å². The fourth-order valence-electron chi connectivity index (χ4n) is 2.75. The molecule has 0 heterocycles. The number of carbonyl (C=O) groups is 3. The average Bonchev–Trinajstić information content (AvgIpc) is 2.59. The Morgan fingerprint density at radius 2 is 1.73 bits per heavy atom. The molecule has 0 bridgehead atoms. The number of urea groups is 1. The average molecular weight is 372 g/mol. The fraction of sp³-hybridized carbons (Fsp3) is 0.471. The van der Waals surface area contributed by atoms with Crippen LogP contribution in [0.25, 0.3) is 0 Å². The van der Waals surface area contributed by atoms with Crippen molar-refractivity contribution in [3.05, 3.63) is 35.4 Å². The van der Waals surface area contributed by atoms with Crippen LogP contribution in [0.3, 0.4) is 0 Å². The zero-order chi connectivity index (χ0) is 19.2. The second kappa shape index (κ2) is 8.68. The number of ether oxygens (including phenoxy) is 1. The molecule has 0 spiro atoms. The van der Waals surface area contributed by atoms with Gasteiger partial charge >= 0.3 is 18.2 Å². The largest absolute Gasteiger partial charge is 0.452 e. The Kier molecular flexibility index (Phi) is 6.59. The van der Waals surface area contributed by atoms with Crippen LogP contribution < -0.4 is 10.6 Å². The molecule has 1 fully saturated rings. The van der Waals surface area contributed by atoms with Crippen molar-refractivity contribution in [3.63, 3.8) is 0 Å². The van der Waals surface area contributed by atoms with Gasteiger partial charge in [0.25, 0.3) is 5.91 Å². The third-order valence-corrected chi connectivity index (χ3v) is 3.98. The van der Waals surface area contributed by atoms with Gasteiger partial charge in [-0.1, -0.05) is 31.4 Å². The van der Waals surface area contributed by atoms with E-state index in [1.54, 1.807) is 0 Å². The van der Waals surface area contributed by atoms with Gasteiger partial charge in [0.05, 0.1) is 11.1 Å². The normalized spacial score (nSPS) is 15.2. The number of carbonyl (C=O) groups excluding carboxylic acids is 3. The number of amides is 3. The lowest BCUT2D eigenvalue weighted by Crippen LogP contribution is -2.46. The molecule has 1 aliphatic carbocycles. The van der Waals surface area contributed by atoms with E-state index in [1.165, 1.54) is 6.07 Å². The van der Waals surface area contributed by atoms with Crippen LogP contribution >= 0.6 is 0 Å². The van der Waals surface area contributed by atoms with E-state index in [-0.39, 0.29) is 6.04 Å². The van der Waals surface area contributed by atoms with Crippen LogP contribution in [-0.4, -0.2) is 30.6 Å². The number of hydrogen-bond acceptors (Lipinski definition) is 4. The van der Waals surface area contributed by atoms with Crippen LogP contribution in [0.4, 0.5) is 18.0 Å². The maximum Gasteiger partial charge on any atom is 0.417 e. The van der Waals surface area contributed by atoms with Crippen LogP contribution in [0.15, 0.2) is 24.3 Å². The van der Waals surface area contributed by atoms with Gasteiger partial charge in [-0.05, 0) is 25.0 Å². The molecule has 6 nitrogen and oxygen atoms in total. The first-order valence-electron chi connectivity index (χ1n) is 8.21. The third-order valence-electron chi connectivity index (χ3n) is 3.98. The molecule has 0 radical (unpaired) electrons. The Morgan fingerprint density at radius 1 is 1.08 bits per heavy atom. The molecule has 0 aliphatic heterocycles. The summed E-state index contributed by atoms with van der Waals surface area (Å²) in [4.78, 5) is 35.1. The van der Waals surface area contributed by atoms with Gasteiger partial charge in [0, 0.05) is 6.04 Å². The number of halogens is 3. The smallest absolute Gasteiger partial charge is 0.417 e. The van der Waals surface area contributed by atoms with Crippen molar-refractivity contribution in [2.24, 2.45) is 0 Å². The minimum absolute atomic E-state index is 0.0160. The van der Waals surface area contributed by atoms with Crippen LogP contribution in [0.1, 0.15) is 48.0 Å². The van der Waals surface area contributed by atoms with Gasteiger partial charge < -0.3 is 10.1 Å². The van der Waals surface area contributed by atoms with Gasteiger partial charge in [0.2, 0.25) is 0 Å². The van der Waals surface area contributed by atoms with E-state index >= 15 is 0 Å². The summed E-state index contributed by atoms with van der Waals surface area (Å²) < 4.78 is 43.2. The molecule has 142 valence electrons. The number of alkyl halides is 3. The highest BCUT2D eigenvalue weighted by molar-refractivity contribution is 5.97. The van der Waals surface area contributed by atoms with E-state index in [1.807, 2.05) is 5.32 Å². The number of esters is 1. The highest BCUT2D eigenvalue weighted by Crippen LogP contribution is 2.32. The quantitative estimate of drug-likeness (QED) is 0.796. The molecule has 2 rings (SSSR count). The molecule has 1 saturated carbocycles. The molecule has 0 saturated heterocycles. The second-order valence-corrected chi connectivity index (χ2v) is 5.98.